The summed E-state index contributed by atoms with van der Waals surface area (Å²) in [7, 11) is 3.52. The van der Waals surface area contributed by atoms with Gasteiger partial charge in [0.05, 0.1) is 6.61 Å². The van der Waals surface area contributed by atoms with Gasteiger partial charge in [0.2, 0.25) is 0 Å². The van der Waals surface area contributed by atoms with Crippen LogP contribution in [0.25, 0.3) is 0 Å². The monoisotopic (exact) mass is 461 g/mol. The zero-order chi connectivity index (χ0) is 17.8. The predicted octanol–water partition coefficient (Wildman–Crippen LogP) is 3.53. The van der Waals surface area contributed by atoms with Gasteiger partial charge in [-0.15, -0.1) is 24.0 Å². The fourth-order valence-corrected chi connectivity index (χ4v) is 2.86. The number of hydrogen-bond donors (Lipinski definition) is 1. The molecule has 6 heteroatoms. The zero-order valence-corrected chi connectivity index (χ0v) is 18.6. The Balaban J connectivity index is 0.00000312. The summed E-state index contributed by atoms with van der Waals surface area (Å²) < 4.78 is 10.7. The van der Waals surface area contributed by atoms with Crippen molar-refractivity contribution >= 4 is 29.9 Å². The van der Waals surface area contributed by atoms with E-state index in [-0.39, 0.29) is 29.5 Å². The third kappa shape index (κ3) is 5.00. The van der Waals surface area contributed by atoms with Crippen LogP contribution in [0.3, 0.4) is 0 Å². The number of rotatable bonds is 6. The normalized spacial score (nSPS) is 18.2. The number of methoxy groups -OCH3 is 1. The summed E-state index contributed by atoms with van der Waals surface area (Å²) in [6, 6.07) is 8.13. The number of benzene rings is 1. The SMILES string of the molecule is CN=C(NCc1cccc(OCCOC)c1)N1CC(C)(C)C1(C)C.I. The highest BCUT2D eigenvalue weighted by Gasteiger charge is 2.53. The van der Waals surface area contributed by atoms with Crippen LogP contribution in [0, 0.1) is 5.41 Å². The number of nitrogens with zero attached hydrogens (tertiary/aromatic N) is 2. The molecule has 0 bridgehead atoms. The fraction of sp³-hybridized carbons (Fsp3) is 0.632. The van der Waals surface area contributed by atoms with Gasteiger partial charge < -0.3 is 19.7 Å². The number of likely N-dealkylation sites (tertiary alicyclic amines) is 1. The number of ether oxygens (including phenoxy) is 2. The molecule has 1 aromatic rings. The maximum Gasteiger partial charge on any atom is 0.194 e. The van der Waals surface area contributed by atoms with Crippen molar-refractivity contribution in [3.63, 3.8) is 0 Å². The Morgan fingerprint density at radius 3 is 2.52 bits per heavy atom. The molecule has 0 atom stereocenters. The molecular formula is C19H32IN3O2. The lowest BCUT2D eigenvalue weighted by molar-refractivity contribution is -0.0667. The van der Waals surface area contributed by atoms with E-state index >= 15 is 0 Å². The second-order valence-electron chi connectivity index (χ2n) is 7.42. The van der Waals surface area contributed by atoms with Gasteiger partial charge in [-0.2, -0.15) is 0 Å². The molecule has 0 amide bonds. The molecule has 142 valence electrons. The average molecular weight is 461 g/mol. The van der Waals surface area contributed by atoms with E-state index < -0.39 is 0 Å². The first kappa shape index (κ1) is 22.0. The third-order valence-corrected chi connectivity index (χ3v) is 5.26. The quantitative estimate of drug-likeness (QED) is 0.305. The first-order valence-electron chi connectivity index (χ1n) is 8.51. The van der Waals surface area contributed by atoms with E-state index in [1.165, 1.54) is 5.56 Å². The van der Waals surface area contributed by atoms with E-state index in [2.05, 4.69) is 55.0 Å². The molecular weight excluding hydrogens is 429 g/mol. The maximum absolute atomic E-state index is 5.67. The van der Waals surface area contributed by atoms with Crippen LogP contribution in [-0.4, -0.2) is 50.3 Å². The molecule has 0 aliphatic carbocycles. The Labute approximate surface area is 169 Å². The molecule has 0 unspecified atom stereocenters. The van der Waals surface area contributed by atoms with Crippen LogP contribution in [0.2, 0.25) is 0 Å². The van der Waals surface area contributed by atoms with Gasteiger partial charge in [0.25, 0.3) is 0 Å². The molecule has 5 nitrogen and oxygen atoms in total. The second-order valence-corrected chi connectivity index (χ2v) is 7.42. The second kappa shape index (κ2) is 9.07. The van der Waals surface area contributed by atoms with E-state index in [0.29, 0.717) is 18.6 Å². The lowest BCUT2D eigenvalue weighted by Gasteiger charge is -2.62. The molecule has 0 saturated carbocycles. The molecule has 1 saturated heterocycles. The summed E-state index contributed by atoms with van der Waals surface area (Å²) in [5.74, 6) is 1.82. The summed E-state index contributed by atoms with van der Waals surface area (Å²) in [6.07, 6.45) is 0. The van der Waals surface area contributed by atoms with Crippen molar-refractivity contribution in [3.05, 3.63) is 29.8 Å². The lowest BCUT2D eigenvalue weighted by atomic mass is 9.65. The van der Waals surface area contributed by atoms with Gasteiger partial charge in [0, 0.05) is 38.2 Å². The van der Waals surface area contributed by atoms with Crippen LogP contribution in [0.15, 0.2) is 29.3 Å². The minimum absolute atomic E-state index is 0. The topological polar surface area (TPSA) is 46.1 Å². The van der Waals surface area contributed by atoms with Gasteiger partial charge in [-0.1, -0.05) is 26.0 Å². The highest BCUT2D eigenvalue weighted by molar-refractivity contribution is 14.0. The van der Waals surface area contributed by atoms with Crippen LogP contribution in [-0.2, 0) is 11.3 Å². The number of hydrogen-bond acceptors (Lipinski definition) is 3. The molecule has 1 aromatic carbocycles. The standard InChI is InChI=1S/C19H31N3O2.HI/c1-18(2)14-22(19(18,3)4)17(20-5)21-13-15-8-7-9-16(12-15)24-11-10-23-6;/h7-9,12H,10-11,13-14H2,1-6H3,(H,20,21);1H. The van der Waals surface area contributed by atoms with Crippen molar-refractivity contribution in [3.8, 4) is 5.75 Å². The molecule has 2 rings (SSSR count). The van der Waals surface area contributed by atoms with E-state index in [4.69, 9.17) is 9.47 Å². The first-order chi connectivity index (χ1) is 11.3. The lowest BCUT2D eigenvalue weighted by Crippen LogP contribution is -2.72. The van der Waals surface area contributed by atoms with Crippen LogP contribution in [0.1, 0.15) is 33.3 Å². The Morgan fingerprint density at radius 2 is 1.96 bits per heavy atom. The maximum atomic E-state index is 5.67. The molecule has 0 aromatic heterocycles. The highest BCUT2D eigenvalue weighted by atomic mass is 127. The van der Waals surface area contributed by atoms with Gasteiger partial charge in [0.1, 0.15) is 12.4 Å². The Hall–Kier alpha value is -1.02. The molecule has 1 fully saturated rings. The average Bonchev–Trinajstić information content (AvgIpc) is 2.55. The van der Waals surface area contributed by atoms with E-state index in [1.54, 1.807) is 7.11 Å². The van der Waals surface area contributed by atoms with E-state index in [0.717, 1.165) is 24.8 Å². The fourth-order valence-electron chi connectivity index (χ4n) is 2.86. The molecule has 25 heavy (non-hydrogen) atoms. The number of nitrogens with one attached hydrogen (secondary N) is 1. The first-order valence-corrected chi connectivity index (χ1v) is 8.51. The Kier molecular flexibility index (Phi) is 7.99. The van der Waals surface area contributed by atoms with Gasteiger partial charge in [-0.3, -0.25) is 4.99 Å². The third-order valence-electron chi connectivity index (χ3n) is 5.26. The molecule has 1 aliphatic heterocycles. The van der Waals surface area contributed by atoms with Gasteiger partial charge in [0.15, 0.2) is 5.96 Å². The van der Waals surface area contributed by atoms with Crippen molar-refractivity contribution in [2.24, 2.45) is 10.4 Å². The summed E-state index contributed by atoms with van der Waals surface area (Å²) in [6.45, 7) is 12.0. The summed E-state index contributed by atoms with van der Waals surface area (Å²) in [5, 5.41) is 3.47. The van der Waals surface area contributed by atoms with Crippen molar-refractivity contribution in [1.29, 1.82) is 0 Å². The smallest absolute Gasteiger partial charge is 0.194 e. The number of guanidine groups is 1. The molecule has 0 spiro atoms. The van der Waals surface area contributed by atoms with Gasteiger partial charge in [-0.25, -0.2) is 0 Å². The largest absolute Gasteiger partial charge is 0.491 e. The predicted molar refractivity (Wildman–Crippen MR) is 114 cm³/mol. The van der Waals surface area contributed by atoms with Crippen molar-refractivity contribution in [2.45, 2.75) is 39.8 Å². The summed E-state index contributed by atoms with van der Waals surface area (Å²) >= 11 is 0. The summed E-state index contributed by atoms with van der Waals surface area (Å²) in [4.78, 5) is 6.79. The van der Waals surface area contributed by atoms with Crippen LogP contribution in [0.5, 0.6) is 5.75 Å². The Bertz CT molecular complexity index is 588. The van der Waals surface area contributed by atoms with Gasteiger partial charge in [-0.05, 0) is 31.5 Å². The highest BCUT2D eigenvalue weighted by Crippen LogP contribution is 2.46. The van der Waals surface area contributed by atoms with Crippen LogP contribution >= 0.6 is 24.0 Å². The van der Waals surface area contributed by atoms with Crippen LogP contribution in [0.4, 0.5) is 0 Å². The zero-order valence-electron chi connectivity index (χ0n) is 16.3. The van der Waals surface area contributed by atoms with Crippen LogP contribution < -0.4 is 10.1 Å². The van der Waals surface area contributed by atoms with Crippen molar-refractivity contribution in [2.75, 3.05) is 33.9 Å². The van der Waals surface area contributed by atoms with E-state index in [1.807, 2.05) is 19.2 Å². The minimum atomic E-state index is 0. The molecule has 1 heterocycles. The molecule has 1 aliphatic rings. The number of aliphatic imine (C=N–C) groups is 1. The van der Waals surface area contributed by atoms with Crippen molar-refractivity contribution in [1.82, 2.24) is 10.2 Å². The van der Waals surface area contributed by atoms with Crippen molar-refractivity contribution < 1.29 is 9.47 Å². The molecule has 1 N–H and O–H groups in total. The molecule has 0 radical (unpaired) electrons. The van der Waals surface area contributed by atoms with Gasteiger partial charge >= 0.3 is 0 Å². The van der Waals surface area contributed by atoms with E-state index in [9.17, 15) is 0 Å². The number of halogens is 1. The summed E-state index contributed by atoms with van der Waals surface area (Å²) in [5.41, 5.74) is 1.56. The minimum Gasteiger partial charge on any atom is -0.491 e. The Morgan fingerprint density at radius 1 is 1.24 bits per heavy atom.